The van der Waals surface area contributed by atoms with Crippen LogP contribution in [-0.2, 0) is 4.79 Å². The Morgan fingerprint density at radius 2 is 1.95 bits per heavy atom. The summed E-state index contributed by atoms with van der Waals surface area (Å²) < 4.78 is 5.32. The molecule has 0 aliphatic heterocycles. The van der Waals surface area contributed by atoms with E-state index in [1.54, 1.807) is 12.1 Å². The first kappa shape index (κ1) is 15.8. The molecule has 0 aliphatic rings. The Balaban J connectivity index is 2.28. The van der Waals surface area contributed by atoms with E-state index in [1.165, 1.54) is 6.07 Å². The molecule has 0 radical (unpaired) electrons. The summed E-state index contributed by atoms with van der Waals surface area (Å²) in [4.78, 5) is 22.8. The van der Waals surface area contributed by atoms with Crippen LogP contribution in [0.4, 0.5) is 5.69 Å². The molecule has 5 nitrogen and oxygen atoms in total. The van der Waals surface area contributed by atoms with Crippen LogP contribution < -0.4 is 5.32 Å². The fourth-order valence-electron chi connectivity index (χ4n) is 2.21. The highest BCUT2D eigenvalue weighted by Crippen LogP contribution is 2.30. The maximum Gasteiger partial charge on any atom is 0.371 e. The lowest BCUT2D eigenvalue weighted by Crippen LogP contribution is -2.14. The van der Waals surface area contributed by atoms with Gasteiger partial charge in [0.2, 0.25) is 11.7 Å². The maximum absolute atomic E-state index is 11.9. The van der Waals surface area contributed by atoms with E-state index < -0.39 is 5.97 Å². The van der Waals surface area contributed by atoms with Gasteiger partial charge in [-0.3, -0.25) is 4.79 Å². The largest absolute Gasteiger partial charge is 0.475 e. The highest BCUT2D eigenvalue weighted by molar-refractivity contribution is 5.93. The van der Waals surface area contributed by atoms with Gasteiger partial charge in [-0.1, -0.05) is 26.0 Å². The van der Waals surface area contributed by atoms with Gasteiger partial charge in [0.1, 0.15) is 5.76 Å². The van der Waals surface area contributed by atoms with Gasteiger partial charge in [0.15, 0.2) is 0 Å². The number of carbonyl (C=O) groups excluding carboxylic acids is 1. The number of anilines is 1. The molecule has 0 bridgehead atoms. The number of rotatable bonds is 5. The molecule has 0 saturated carbocycles. The molecule has 1 aromatic carbocycles. The molecule has 1 heterocycles. The summed E-state index contributed by atoms with van der Waals surface area (Å²) in [5.74, 6) is -0.503. The van der Waals surface area contributed by atoms with Gasteiger partial charge in [-0.25, -0.2) is 4.79 Å². The lowest BCUT2D eigenvalue weighted by atomic mass is 10.0. The number of carbonyl (C=O) groups is 2. The van der Waals surface area contributed by atoms with Crippen molar-refractivity contribution in [1.82, 2.24) is 0 Å². The van der Waals surface area contributed by atoms with Gasteiger partial charge in [0.05, 0.1) is 0 Å². The Hall–Kier alpha value is -2.56. The van der Waals surface area contributed by atoms with E-state index in [4.69, 9.17) is 9.52 Å². The van der Waals surface area contributed by atoms with Gasteiger partial charge in [-0.2, -0.15) is 0 Å². The molecule has 0 unspecified atom stereocenters. The average molecular weight is 301 g/mol. The number of benzene rings is 1. The Kier molecular flexibility index (Phi) is 4.65. The molecule has 22 heavy (non-hydrogen) atoms. The van der Waals surface area contributed by atoms with Crippen molar-refractivity contribution in [3.05, 3.63) is 41.7 Å². The van der Waals surface area contributed by atoms with Crippen LogP contribution in [0.15, 0.2) is 34.7 Å². The summed E-state index contributed by atoms with van der Waals surface area (Å²) in [5, 5.41) is 11.8. The third kappa shape index (κ3) is 3.55. The van der Waals surface area contributed by atoms with Crippen LogP contribution in [0.5, 0.6) is 0 Å². The number of hydrogen-bond acceptors (Lipinski definition) is 3. The van der Waals surface area contributed by atoms with E-state index in [1.807, 2.05) is 32.9 Å². The van der Waals surface area contributed by atoms with E-state index in [0.717, 1.165) is 11.1 Å². The number of carboxylic acids is 1. The zero-order valence-corrected chi connectivity index (χ0v) is 12.8. The highest BCUT2D eigenvalue weighted by Gasteiger charge is 2.14. The fraction of sp³-hybridized carbons (Fsp3) is 0.294. The van der Waals surface area contributed by atoms with Gasteiger partial charge in [-0.05, 0) is 36.6 Å². The fourth-order valence-corrected chi connectivity index (χ4v) is 2.21. The summed E-state index contributed by atoms with van der Waals surface area (Å²) in [5.41, 5.74) is 2.30. The molecular weight excluding hydrogens is 282 g/mol. The highest BCUT2D eigenvalue weighted by atomic mass is 16.4. The van der Waals surface area contributed by atoms with Crippen molar-refractivity contribution in [3.8, 4) is 11.3 Å². The van der Waals surface area contributed by atoms with Crippen LogP contribution in [0.1, 0.15) is 36.4 Å². The predicted octanol–water partition coefficient (Wildman–Crippen LogP) is 3.94. The summed E-state index contributed by atoms with van der Waals surface area (Å²) in [6.07, 6.45) is 0.452. The standard InChI is InChI=1S/C17H19NO4/c1-10(2)9-16(19)18-13-6-4-5-12(11(13)3)14-7-8-15(22-14)17(20)21/h4-8,10H,9H2,1-3H3,(H,18,19)(H,20,21). The number of furan rings is 1. The predicted molar refractivity (Wildman–Crippen MR) is 83.9 cm³/mol. The van der Waals surface area contributed by atoms with Crippen molar-refractivity contribution >= 4 is 17.6 Å². The molecule has 0 atom stereocenters. The molecule has 5 heteroatoms. The number of amides is 1. The molecule has 1 amide bonds. The molecule has 116 valence electrons. The van der Waals surface area contributed by atoms with Crippen LogP contribution in [0.3, 0.4) is 0 Å². The number of carboxylic acid groups (broad SMARTS) is 1. The van der Waals surface area contributed by atoms with Crippen LogP contribution in [-0.4, -0.2) is 17.0 Å². The molecule has 2 aromatic rings. The zero-order chi connectivity index (χ0) is 16.3. The first-order valence-corrected chi connectivity index (χ1v) is 7.11. The summed E-state index contributed by atoms with van der Waals surface area (Å²) in [7, 11) is 0. The van der Waals surface area contributed by atoms with Gasteiger partial charge in [0.25, 0.3) is 0 Å². The lowest BCUT2D eigenvalue weighted by molar-refractivity contribution is -0.116. The number of aromatic carboxylic acids is 1. The van der Waals surface area contributed by atoms with Crippen molar-refractivity contribution < 1.29 is 19.1 Å². The zero-order valence-electron chi connectivity index (χ0n) is 12.8. The quantitative estimate of drug-likeness (QED) is 0.876. The van der Waals surface area contributed by atoms with E-state index in [0.29, 0.717) is 17.9 Å². The van der Waals surface area contributed by atoms with Gasteiger partial charge < -0.3 is 14.8 Å². The van der Waals surface area contributed by atoms with E-state index >= 15 is 0 Å². The van der Waals surface area contributed by atoms with Gasteiger partial charge in [0, 0.05) is 17.7 Å². The van der Waals surface area contributed by atoms with Crippen molar-refractivity contribution in [3.63, 3.8) is 0 Å². The molecule has 2 rings (SSSR count). The Labute approximate surface area is 129 Å². The molecule has 2 N–H and O–H groups in total. The molecule has 0 aliphatic carbocycles. The van der Waals surface area contributed by atoms with Crippen LogP contribution >= 0.6 is 0 Å². The second-order valence-electron chi connectivity index (χ2n) is 5.59. The van der Waals surface area contributed by atoms with Gasteiger partial charge in [-0.15, -0.1) is 0 Å². The second-order valence-corrected chi connectivity index (χ2v) is 5.59. The molecular formula is C17H19NO4. The number of nitrogens with one attached hydrogen (secondary N) is 1. The Morgan fingerprint density at radius 1 is 1.23 bits per heavy atom. The Bertz CT molecular complexity index is 700. The molecule has 0 fully saturated rings. The van der Waals surface area contributed by atoms with Crippen LogP contribution in [0.2, 0.25) is 0 Å². The van der Waals surface area contributed by atoms with Crippen LogP contribution in [0.25, 0.3) is 11.3 Å². The SMILES string of the molecule is Cc1c(NC(=O)CC(C)C)cccc1-c1ccc(C(=O)O)o1. The summed E-state index contributed by atoms with van der Waals surface area (Å²) in [6, 6.07) is 8.49. The minimum absolute atomic E-state index is 0.0408. The minimum Gasteiger partial charge on any atom is -0.475 e. The van der Waals surface area contributed by atoms with Crippen molar-refractivity contribution in [2.75, 3.05) is 5.32 Å². The average Bonchev–Trinajstić information content (AvgIpc) is 2.90. The first-order valence-electron chi connectivity index (χ1n) is 7.11. The first-order chi connectivity index (χ1) is 10.4. The minimum atomic E-state index is -1.11. The number of hydrogen-bond donors (Lipinski definition) is 2. The lowest BCUT2D eigenvalue weighted by Gasteiger charge is -2.12. The topological polar surface area (TPSA) is 79.5 Å². The monoisotopic (exact) mass is 301 g/mol. The molecule has 0 spiro atoms. The Morgan fingerprint density at radius 3 is 2.55 bits per heavy atom. The van der Waals surface area contributed by atoms with Gasteiger partial charge >= 0.3 is 5.97 Å². The molecule has 1 aromatic heterocycles. The van der Waals surface area contributed by atoms with Crippen LogP contribution in [0, 0.1) is 12.8 Å². The summed E-state index contributed by atoms with van der Waals surface area (Å²) >= 11 is 0. The second kappa shape index (κ2) is 6.47. The third-order valence-electron chi connectivity index (χ3n) is 3.28. The van der Waals surface area contributed by atoms with Crippen molar-refractivity contribution in [1.29, 1.82) is 0 Å². The van der Waals surface area contributed by atoms with Crippen molar-refractivity contribution in [2.45, 2.75) is 27.2 Å². The smallest absolute Gasteiger partial charge is 0.371 e. The van der Waals surface area contributed by atoms with E-state index in [-0.39, 0.29) is 17.6 Å². The third-order valence-corrected chi connectivity index (χ3v) is 3.28. The summed E-state index contributed by atoms with van der Waals surface area (Å²) in [6.45, 7) is 5.83. The molecule has 0 saturated heterocycles. The maximum atomic E-state index is 11.9. The van der Waals surface area contributed by atoms with Crippen molar-refractivity contribution in [2.24, 2.45) is 5.92 Å². The van der Waals surface area contributed by atoms with E-state index in [2.05, 4.69) is 5.32 Å². The van der Waals surface area contributed by atoms with E-state index in [9.17, 15) is 9.59 Å². The normalized spacial score (nSPS) is 10.7.